The van der Waals surface area contributed by atoms with E-state index >= 15 is 0 Å². The van der Waals surface area contributed by atoms with Crippen LogP contribution in [0.1, 0.15) is 65.2 Å². The van der Waals surface area contributed by atoms with E-state index in [1.807, 2.05) is 0 Å². The largest absolute Gasteiger partial charge is 0.386 e. The Morgan fingerprint density at radius 3 is 2.71 bits per heavy atom. The summed E-state index contributed by atoms with van der Waals surface area (Å²) in [7, 11) is 0. The minimum atomic E-state index is -0.487. The fraction of sp³-hybridized carbons (Fsp3) is 0.846. The number of allylic oxidation sites excluding steroid dienone is 1. The third-order valence-electron chi connectivity index (χ3n) is 3.39. The fourth-order valence-corrected chi connectivity index (χ4v) is 2.42. The zero-order valence-corrected chi connectivity index (χ0v) is 9.68. The summed E-state index contributed by atoms with van der Waals surface area (Å²) in [6.45, 7) is 4.25. The molecule has 1 unspecified atom stereocenters. The van der Waals surface area contributed by atoms with Gasteiger partial charge in [-0.3, -0.25) is 0 Å². The molecule has 1 rings (SSSR count). The van der Waals surface area contributed by atoms with E-state index in [0.717, 1.165) is 25.7 Å². The third kappa shape index (κ3) is 2.84. The molecule has 1 aliphatic carbocycles. The lowest BCUT2D eigenvalue weighted by Gasteiger charge is -2.29. The normalized spacial score (nSPS) is 22.4. The second kappa shape index (κ2) is 5.55. The minimum Gasteiger partial charge on any atom is -0.386 e. The number of hydrogen-bond acceptors (Lipinski definition) is 1. The SMILES string of the molecule is CCCC(O)(CC)C1=CCCCCC1. The highest BCUT2D eigenvalue weighted by Gasteiger charge is 2.28. The Labute approximate surface area is 88.2 Å². The van der Waals surface area contributed by atoms with Gasteiger partial charge in [-0.05, 0) is 44.1 Å². The average Bonchev–Trinajstić information content (AvgIpc) is 2.46. The summed E-state index contributed by atoms with van der Waals surface area (Å²) in [4.78, 5) is 0. The second-order valence-corrected chi connectivity index (χ2v) is 4.46. The summed E-state index contributed by atoms with van der Waals surface area (Å²) in [6.07, 6.45) is 11.3. The summed E-state index contributed by atoms with van der Waals surface area (Å²) in [5.74, 6) is 0. The van der Waals surface area contributed by atoms with Gasteiger partial charge in [0.05, 0.1) is 5.60 Å². The zero-order chi connectivity index (χ0) is 10.4. The van der Waals surface area contributed by atoms with Crippen LogP contribution in [0, 0.1) is 0 Å². The quantitative estimate of drug-likeness (QED) is 0.678. The van der Waals surface area contributed by atoms with Crippen molar-refractivity contribution in [2.45, 2.75) is 70.8 Å². The van der Waals surface area contributed by atoms with Crippen molar-refractivity contribution in [2.75, 3.05) is 0 Å². The van der Waals surface area contributed by atoms with E-state index < -0.39 is 5.60 Å². The molecule has 1 aliphatic rings. The van der Waals surface area contributed by atoms with Gasteiger partial charge in [0.15, 0.2) is 0 Å². The van der Waals surface area contributed by atoms with E-state index in [4.69, 9.17) is 0 Å². The van der Waals surface area contributed by atoms with Crippen molar-refractivity contribution >= 4 is 0 Å². The maximum atomic E-state index is 10.5. The van der Waals surface area contributed by atoms with Gasteiger partial charge in [-0.25, -0.2) is 0 Å². The molecule has 14 heavy (non-hydrogen) atoms. The van der Waals surface area contributed by atoms with Crippen LogP contribution < -0.4 is 0 Å². The van der Waals surface area contributed by atoms with Crippen molar-refractivity contribution in [3.05, 3.63) is 11.6 Å². The Balaban J connectivity index is 2.70. The zero-order valence-electron chi connectivity index (χ0n) is 9.68. The van der Waals surface area contributed by atoms with Gasteiger partial charge in [-0.15, -0.1) is 0 Å². The molecule has 0 spiro atoms. The lowest BCUT2D eigenvalue weighted by molar-refractivity contribution is 0.0603. The van der Waals surface area contributed by atoms with Gasteiger partial charge in [0, 0.05) is 0 Å². The fourth-order valence-electron chi connectivity index (χ4n) is 2.42. The van der Waals surface area contributed by atoms with Crippen LogP contribution in [0.4, 0.5) is 0 Å². The van der Waals surface area contributed by atoms with Crippen molar-refractivity contribution < 1.29 is 5.11 Å². The molecule has 0 aliphatic heterocycles. The first-order chi connectivity index (χ1) is 6.73. The minimum absolute atomic E-state index is 0.487. The van der Waals surface area contributed by atoms with Crippen LogP contribution in [0.5, 0.6) is 0 Å². The molecule has 0 saturated heterocycles. The van der Waals surface area contributed by atoms with Gasteiger partial charge in [0.25, 0.3) is 0 Å². The molecule has 82 valence electrons. The van der Waals surface area contributed by atoms with Crippen molar-refractivity contribution in [1.29, 1.82) is 0 Å². The van der Waals surface area contributed by atoms with E-state index in [-0.39, 0.29) is 0 Å². The van der Waals surface area contributed by atoms with Gasteiger partial charge >= 0.3 is 0 Å². The standard InChI is InChI=1S/C13H24O/c1-3-11-13(14,4-2)12-9-7-5-6-8-10-12/h9,14H,3-8,10-11H2,1-2H3. The van der Waals surface area contributed by atoms with Gasteiger partial charge in [0.1, 0.15) is 0 Å². The summed E-state index contributed by atoms with van der Waals surface area (Å²) in [5.41, 5.74) is 0.832. The maximum Gasteiger partial charge on any atom is 0.0854 e. The van der Waals surface area contributed by atoms with Crippen molar-refractivity contribution in [2.24, 2.45) is 0 Å². The molecular formula is C13H24O. The molecule has 1 nitrogen and oxygen atoms in total. The predicted octanol–water partition coefficient (Wildman–Crippen LogP) is 3.82. The lowest BCUT2D eigenvalue weighted by atomic mass is 9.84. The monoisotopic (exact) mass is 196 g/mol. The topological polar surface area (TPSA) is 20.2 Å². The molecule has 1 atom stereocenters. The first-order valence-corrected chi connectivity index (χ1v) is 6.15. The van der Waals surface area contributed by atoms with Crippen molar-refractivity contribution in [3.8, 4) is 0 Å². The molecule has 0 saturated carbocycles. The molecule has 0 amide bonds. The summed E-state index contributed by atoms with van der Waals surface area (Å²) in [6, 6.07) is 0. The van der Waals surface area contributed by atoms with E-state index in [2.05, 4.69) is 19.9 Å². The molecule has 0 aromatic rings. The highest BCUT2D eigenvalue weighted by atomic mass is 16.3. The Kier molecular flexibility index (Phi) is 4.67. The molecule has 0 aromatic heterocycles. The van der Waals surface area contributed by atoms with E-state index in [1.54, 1.807) is 0 Å². The Hall–Kier alpha value is -0.300. The Morgan fingerprint density at radius 1 is 1.29 bits per heavy atom. The van der Waals surface area contributed by atoms with Crippen molar-refractivity contribution in [1.82, 2.24) is 0 Å². The van der Waals surface area contributed by atoms with Gasteiger partial charge in [-0.2, -0.15) is 0 Å². The Morgan fingerprint density at radius 2 is 2.07 bits per heavy atom. The first kappa shape index (κ1) is 11.8. The molecule has 0 radical (unpaired) electrons. The van der Waals surface area contributed by atoms with Crippen molar-refractivity contribution in [3.63, 3.8) is 0 Å². The molecule has 0 heterocycles. The van der Waals surface area contributed by atoms with E-state index in [9.17, 15) is 5.11 Å². The first-order valence-electron chi connectivity index (χ1n) is 6.15. The molecule has 0 bridgehead atoms. The van der Waals surface area contributed by atoms with Crippen LogP contribution in [0.3, 0.4) is 0 Å². The summed E-state index contributed by atoms with van der Waals surface area (Å²) >= 11 is 0. The third-order valence-corrected chi connectivity index (χ3v) is 3.39. The number of hydrogen-bond donors (Lipinski definition) is 1. The van der Waals surface area contributed by atoms with Crippen LogP contribution in [0.2, 0.25) is 0 Å². The van der Waals surface area contributed by atoms with Gasteiger partial charge < -0.3 is 5.11 Å². The van der Waals surface area contributed by atoms with Gasteiger partial charge in [-0.1, -0.05) is 32.8 Å². The number of aliphatic hydroxyl groups is 1. The Bertz CT molecular complexity index is 195. The summed E-state index contributed by atoms with van der Waals surface area (Å²) in [5, 5.41) is 10.5. The van der Waals surface area contributed by atoms with E-state index in [0.29, 0.717) is 0 Å². The van der Waals surface area contributed by atoms with E-state index in [1.165, 1.54) is 31.3 Å². The smallest absolute Gasteiger partial charge is 0.0854 e. The van der Waals surface area contributed by atoms with Crippen LogP contribution in [-0.4, -0.2) is 10.7 Å². The molecule has 0 fully saturated rings. The van der Waals surface area contributed by atoms with Crippen LogP contribution in [0.15, 0.2) is 11.6 Å². The highest BCUT2D eigenvalue weighted by molar-refractivity contribution is 5.17. The average molecular weight is 196 g/mol. The second-order valence-electron chi connectivity index (χ2n) is 4.46. The molecule has 1 N–H and O–H groups in total. The highest BCUT2D eigenvalue weighted by Crippen LogP contribution is 2.32. The maximum absolute atomic E-state index is 10.5. The summed E-state index contributed by atoms with van der Waals surface area (Å²) < 4.78 is 0. The van der Waals surface area contributed by atoms with Crippen LogP contribution in [-0.2, 0) is 0 Å². The molecule has 1 heteroatoms. The number of rotatable bonds is 4. The van der Waals surface area contributed by atoms with Crippen LogP contribution >= 0.6 is 0 Å². The van der Waals surface area contributed by atoms with Crippen LogP contribution in [0.25, 0.3) is 0 Å². The predicted molar refractivity (Wildman–Crippen MR) is 61.3 cm³/mol. The molecular weight excluding hydrogens is 172 g/mol. The lowest BCUT2D eigenvalue weighted by Crippen LogP contribution is -2.30. The van der Waals surface area contributed by atoms with Gasteiger partial charge in [0.2, 0.25) is 0 Å². The molecule has 0 aromatic carbocycles.